The maximum absolute atomic E-state index is 10.7. The van der Waals surface area contributed by atoms with E-state index < -0.39 is 0 Å². The molecule has 0 bridgehead atoms. The van der Waals surface area contributed by atoms with Crippen molar-refractivity contribution in [2.45, 2.75) is 0 Å². The van der Waals surface area contributed by atoms with Gasteiger partial charge in [-0.1, -0.05) is 5.82 Å². The molecule has 0 amide bonds. The molecule has 1 rings (SSSR count). The normalized spacial score (nSPS) is 18.1. The first-order valence-electron chi connectivity index (χ1n) is 2.49. The lowest BCUT2D eigenvalue weighted by Gasteiger charge is -1.93. The Bertz CT molecular complexity index is 181. The Kier molecular flexibility index (Phi) is 2.01. The molecule has 47 valence electrons. The number of carbonyl (C=O) groups excluding carboxylic acids is 1. The summed E-state index contributed by atoms with van der Waals surface area (Å²) in [6, 6.07) is 0. The molecule has 0 saturated carbocycles. The SMILES string of the molecule is COC(=O)C1=C[P]C=C1. The van der Waals surface area contributed by atoms with E-state index in [0.717, 1.165) is 8.58 Å². The van der Waals surface area contributed by atoms with Gasteiger partial charge < -0.3 is 4.74 Å². The van der Waals surface area contributed by atoms with E-state index in [-0.39, 0.29) is 5.97 Å². The number of ether oxygens (including phenoxy) is 1. The Morgan fingerprint density at radius 2 is 2.56 bits per heavy atom. The predicted molar refractivity (Wildman–Crippen MR) is 36.2 cm³/mol. The maximum atomic E-state index is 10.7. The lowest BCUT2D eigenvalue weighted by atomic mass is 10.3. The van der Waals surface area contributed by atoms with E-state index in [9.17, 15) is 4.79 Å². The molecular formula is C6H6O2P. The van der Waals surface area contributed by atoms with Gasteiger partial charge in [0, 0.05) is 0 Å². The topological polar surface area (TPSA) is 26.3 Å². The standard InChI is InChI=1S/C6H6O2P/c1-8-6(7)5-2-3-9-4-5/h2-4H,1H3. The molecule has 1 radical (unpaired) electrons. The monoisotopic (exact) mass is 141 g/mol. The largest absolute Gasteiger partial charge is 0.465 e. The highest BCUT2D eigenvalue weighted by molar-refractivity contribution is 7.45. The fourth-order valence-corrected chi connectivity index (χ4v) is 1.21. The van der Waals surface area contributed by atoms with Crippen molar-refractivity contribution in [2.24, 2.45) is 0 Å². The van der Waals surface area contributed by atoms with Gasteiger partial charge >= 0.3 is 5.97 Å². The zero-order chi connectivity index (χ0) is 6.69. The highest BCUT2D eigenvalue weighted by Gasteiger charge is 2.07. The minimum Gasteiger partial charge on any atom is -0.465 e. The van der Waals surface area contributed by atoms with Gasteiger partial charge in [0.05, 0.1) is 12.7 Å². The van der Waals surface area contributed by atoms with E-state index in [2.05, 4.69) is 4.74 Å². The quantitative estimate of drug-likeness (QED) is 0.408. The smallest absolute Gasteiger partial charge is 0.337 e. The first-order valence-corrected chi connectivity index (χ1v) is 3.53. The highest BCUT2D eigenvalue weighted by atomic mass is 31.1. The first kappa shape index (κ1) is 6.50. The minimum absolute atomic E-state index is 0.253. The van der Waals surface area contributed by atoms with Gasteiger partial charge in [0.1, 0.15) is 0 Å². The van der Waals surface area contributed by atoms with Crippen molar-refractivity contribution in [1.82, 2.24) is 0 Å². The van der Waals surface area contributed by atoms with E-state index >= 15 is 0 Å². The van der Waals surface area contributed by atoms with Crippen molar-refractivity contribution in [3.05, 3.63) is 23.3 Å². The number of esters is 1. The van der Waals surface area contributed by atoms with Crippen molar-refractivity contribution in [3.63, 3.8) is 0 Å². The molecular weight excluding hydrogens is 135 g/mol. The van der Waals surface area contributed by atoms with E-state index in [1.54, 1.807) is 6.08 Å². The molecule has 1 aliphatic heterocycles. The molecule has 1 heterocycles. The Morgan fingerprint density at radius 1 is 1.78 bits per heavy atom. The Morgan fingerprint density at radius 3 is 3.00 bits per heavy atom. The van der Waals surface area contributed by atoms with Crippen LogP contribution in [0.4, 0.5) is 0 Å². The summed E-state index contributed by atoms with van der Waals surface area (Å²) in [5.74, 6) is 3.45. The summed E-state index contributed by atoms with van der Waals surface area (Å²) in [6.45, 7) is 0. The van der Waals surface area contributed by atoms with Gasteiger partial charge in [-0.3, -0.25) is 0 Å². The zero-order valence-electron chi connectivity index (χ0n) is 5.00. The van der Waals surface area contributed by atoms with Crippen LogP contribution >= 0.6 is 8.58 Å². The molecule has 0 aromatic heterocycles. The number of hydrogen-bond donors (Lipinski definition) is 0. The molecule has 0 saturated heterocycles. The summed E-state index contributed by atoms with van der Waals surface area (Å²) >= 11 is 0. The zero-order valence-corrected chi connectivity index (χ0v) is 5.89. The molecule has 1 aliphatic rings. The summed E-state index contributed by atoms with van der Waals surface area (Å²) in [4.78, 5) is 10.7. The molecule has 0 spiro atoms. The summed E-state index contributed by atoms with van der Waals surface area (Å²) in [5, 5.41) is 0. The molecule has 0 aromatic rings. The van der Waals surface area contributed by atoms with Crippen LogP contribution in [0.25, 0.3) is 0 Å². The van der Waals surface area contributed by atoms with Crippen molar-refractivity contribution in [2.75, 3.05) is 7.11 Å². The molecule has 0 atom stereocenters. The minimum atomic E-state index is -0.253. The molecule has 0 unspecified atom stereocenters. The Hall–Kier alpha value is -0.620. The highest BCUT2D eigenvalue weighted by Crippen LogP contribution is 2.25. The van der Waals surface area contributed by atoms with Gasteiger partial charge in [0.15, 0.2) is 0 Å². The second-order valence-corrected chi connectivity index (χ2v) is 2.40. The fourth-order valence-electron chi connectivity index (χ4n) is 0.528. The van der Waals surface area contributed by atoms with Crippen LogP contribution in [0.3, 0.4) is 0 Å². The van der Waals surface area contributed by atoms with Crippen LogP contribution in [0.5, 0.6) is 0 Å². The second-order valence-electron chi connectivity index (χ2n) is 1.54. The molecule has 0 N–H and O–H groups in total. The number of hydrogen-bond acceptors (Lipinski definition) is 2. The lowest BCUT2D eigenvalue weighted by molar-refractivity contribution is -0.135. The van der Waals surface area contributed by atoms with Crippen LogP contribution < -0.4 is 0 Å². The summed E-state index contributed by atoms with van der Waals surface area (Å²) in [6.07, 6.45) is 1.76. The van der Waals surface area contributed by atoms with Gasteiger partial charge in [-0.05, 0) is 20.5 Å². The summed E-state index contributed by atoms with van der Waals surface area (Å²) < 4.78 is 4.47. The molecule has 9 heavy (non-hydrogen) atoms. The number of methoxy groups -OCH3 is 1. The van der Waals surface area contributed by atoms with E-state index in [1.165, 1.54) is 7.11 Å². The van der Waals surface area contributed by atoms with Crippen molar-refractivity contribution in [3.8, 4) is 0 Å². The third-order valence-corrected chi connectivity index (χ3v) is 1.72. The van der Waals surface area contributed by atoms with E-state index in [0.29, 0.717) is 5.57 Å². The average molecular weight is 141 g/mol. The fraction of sp³-hybridized carbons (Fsp3) is 0.167. The van der Waals surface area contributed by atoms with Gasteiger partial charge in [-0.15, -0.1) is 0 Å². The van der Waals surface area contributed by atoms with Gasteiger partial charge in [-0.25, -0.2) is 4.79 Å². The second kappa shape index (κ2) is 2.79. The maximum Gasteiger partial charge on any atom is 0.337 e. The van der Waals surface area contributed by atoms with E-state index in [1.807, 2.05) is 11.6 Å². The number of rotatable bonds is 1. The number of carbonyl (C=O) groups is 1. The van der Waals surface area contributed by atoms with Crippen LogP contribution in [0.15, 0.2) is 23.3 Å². The van der Waals surface area contributed by atoms with Crippen LogP contribution in [-0.4, -0.2) is 13.1 Å². The molecule has 2 nitrogen and oxygen atoms in total. The predicted octanol–water partition coefficient (Wildman–Crippen LogP) is 1.52. The molecule has 0 fully saturated rings. The Balaban J connectivity index is 2.62. The van der Waals surface area contributed by atoms with Gasteiger partial charge in [0.25, 0.3) is 0 Å². The van der Waals surface area contributed by atoms with Crippen LogP contribution in [-0.2, 0) is 9.53 Å². The summed E-state index contributed by atoms with van der Waals surface area (Å²) in [7, 11) is 2.44. The van der Waals surface area contributed by atoms with Crippen LogP contribution in [0.1, 0.15) is 0 Å². The first-order chi connectivity index (χ1) is 4.34. The third-order valence-electron chi connectivity index (χ3n) is 0.975. The van der Waals surface area contributed by atoms with Gasteiger partial charge in [0.2, 0.25) is 0 Å². The molecule has 0 aromatic carbocycles. The van der Waals surface area contributed by atoms with Crippen molar-refractivity contribution < 1.29 is 9.53 Å². The van der Waals surface area contributed by atoms with Crippen LogP contribution in [0, 0.1) is 0 Å². The van der Waals surface area contributed by atoms with Gasteiger partial charge in [-0.2, -0.15) is 0 Å². The Labute approximate surface area is 55.4 Å². The average Bonchev–Trinajstić information content (AvgIpc) is 2.37. The van der Waals surface area contributed by atoms with Crippen molar-refractivity contribution in [1.29, 1.82) is 0 Å². The van der Waals surface area contributed by atoms with E-state index in [4.69, 9.17) is 0 Å². The third kappa shape index (κ3) is 1.39. The van der Waals surface area contributed by atoms with Crippen molar-refractivity contribution >= 4 is 14.6 Å². The molecule has 0 aliphatic carbocycles. The summed E-state index contributed by atoms with van der Waals surface area (Å²) in [5.41, 5.74) is 0.652. The lowest BCUT2D eigenvalue weighted by Crippen LogP contribution is -2.00. The van der Waals surface area contributed by atoms with Crippen LogP contribution in [0.2, 0.25) is 0 Å². The molecule has 3 heteroatoms.